The van der Waals surface area contributed by atoms with Gasteiger partial charge < -0.3 is 116 Å². The van der Waals surface area contributed by atoms with Crippen molar-refractivity contribution in [2.45, 2.75) is 281 Å². The zero-order valence-corrected chi connectivity index (χ0v) is 63.6. The smallest absolute Gasteiger partial charge is 0.394 e. The first kappa shape index (κ1) is 94.2. The maximum absolute atomic E-state index is 14.6. The van der Waals surface area contributed by atoms with E-state index in [2.05, 4.69) is 36.4 Å². The Morgan fingerprint density at radius 2 is 0.925 bits per heavy atom. The molecule has 0 aromatic heterocycles. The van der Waals surface area contributed by atoms with E-state index in [0.717, 1.165) is 7.11 Å². The highest BCUT2D eigenvalue weighted by molar-refractivity contribution is 7.47. The summed E-state index contributed by atoms with van der Waals surface area (Å²) in [6.45, 7) is 5.42. The lowest BCUT2D eigenvalue weighted by Gasteiger charge is -2.42. The van der Waals surface area contributed by atoms with Crippen LogP contribution in [0.25, 0.3) is 0 Å². The van der Waals surface area contributed by atoms with Crippen molar-refractivity contribution in [2.75, 3.05) is 66.4 Å². The van der Waals surface area contributed by atoms with Crippen molar-refractivity contribution in [3.05, 3.63) is 34.9 Å². The number of aliphatic hydroxyl groups excluding tert-OH is 10. The number of unbranched alkanes of at least 4 members (excludes halogenated alkanes) is 7. The molecule has 107 heavy (non-hydrogen) atoms. The monoisotopic (exact) mass is 1550 g/mol. The van der Waals surface area contributed by atoms with Crippen LogP contribution in [0.2, 0.25) is 0 Å². The fourth-order valence-corrected chi connectivity index (χ4v) is 13.0. The summed E-state index contributed by atoms with van der Waals surface area (Å²) in [7, 11) is -3.27. The quantitative estimate of drug-likeness (QED) is 0.0310. The summed E-state index contributed by atoms with van der Waals surface area (Å²) in [5, 5.41) is 117. The number of nitrogens with one attached hydrogen (secondary N) is 6. The molecular formula is C72H123N6O28P. The van der Waals surface area contributed by atoms with Crippen molar-refractivity contribution in [3.63, 3.8) is 0 Å². The zero-order valence-electron chi connectivity index (χ0n) is 62.7. The predicted octanol–water partition coefficient (Wildman–Crippen LogP) is 0.398. The highest BCUT2D eigenvalue weighted by atomic mass is 31.2. The largest absolute Gasteiger partial charge is 0.472 e. The number of ether oxygens (including phenoxy) is 6. The Morgan fingerprint density at radius 1 is 0.505 bits per heavy atom. The first-order valence-electron chi connectivity index (χ1n) is 37.7. The minimum Gasteiger partial charge on any atom is -0.394 e. The predicted molar refractivity (Wildman–Crippen MR) is 383 cm³/mol. The van der Waals surface area contributed by atoms with E-state index in [1.165, 1.54) is 6.92 Å². The van der Waals surface area contributed by atoms with Gasteiger partial charge in [0, 0.05) is 122 Å². The molecule has 0 radical (unpaired) electrons. The van der Waals surface area contributed by atoms with Crippen molar-refractivity contribution in [1.82, 2.24) is 31.9 Å². The molecule has 1 aromatic rings. The summed E-state index contributed by atoms with van der Waals surface area (Å²) in [5.74, 6) is -5.02. The Balaban J connectivity index is 1.36. The molecule has 0 saturated carbocycles. The van der Waals surface area contributed by atoms with Crippen LogP contribution in [0.3, 0.4) is 0 Å². The number of aliphatic hydroxyl groups is 10. The van der Waals surface area contributed by atoms with E-state index in [-0.39, 0.29) is 152 Å². The van der Waals surface area contributed by atoms with Crippen molar-refractivity contribution >= 4 is 54.8 Å². The van der Waals surface area contributed by atoms with Gasteiger partial charge in [-0.2, -0.15) is 0 Å². The molecule has 6 amide bonds. The van der Waals surface area contributed by atoms with E-state index in [1.54, 1.807) is 39.0 Å². The van der Waals surface area contributed by atoms with E-state index in [4.69, 9.17) is 32.9 Å². The second-order valence-corrected chi connectivity index (χ2v) is 29.7. The second-order valence-electron chi connectivity index (χ2n) is 28.1. The Bertz CT molecular complexity index is 2870. The van der Waals surface area contributed by atoms with Gasteiger partial charge in [0.05, 0.1) is 51.3 Å². The van der Waals surface area contributed by atoms with Crippen molar-refractivity contribution in [2.24, 2.45) is 23.7 Å². The number of Topliss-reactive ketones (excluding diaryl/α,β-unsaturated/α-hetero) is 2. The van der Waals surface area contributed by atoms with Gasteiger partial charge in [0.25, 0.3) is 0 Å². The molecule has 0 bridgehead atoms. The van der Waals surface area contributed by atoms with Gasteiger partial charge in [-0.15, -0.1) is 0 Å². The molecule has 19 atom stereocenters. The van der Waals surface area contributed by atoms with E-state index in [1.807, 2.05) is 0 Å². The van der Waals surface area contributed by atoms with Crippen LogP contribution in [0.15, 0.2) is 18.2 Å². The Hall–Kier alpha value is -5.15. The van der Waals surface area contributed by atoms with Crippen molar-refractivity contribution < 1.29 is 136 Å². The summed E-state index contributed by atoms with van der Waals surface area (Å²) < 4.78 is 55.4. The first-order valence-corrected chi connectivity index (χ1v) is 39.2. The van der Waals surface area contributed by atoms with E-state index >= 15 is 0 Å². The molecule has 17 N–H and O–H groups in total. The minimum atomic E-state index is -4.30. The third-order valence-corrected chi connectivity index (χ3v) is 20.3. The molecule has 3 heterocycles. The van der Waals surface area contributed by atoms with Crippen LogP contribution in [0.1, 0.15) is 192 Å². The first-order chi connectivity index (χ1) is 51.1. The standard InChI is InChI=1S/C72H123N6O28P/c1-44(20-8-14-28-73-58(86)25-11-17-31-100-70-45(2)63(90)65(92)55(40-80)104-70)54(85)37-51(21-9-15-29-74-59(87)27-13-19-33-102-72-62(77-47(4)83)68(95)67(94)57(42-82)106-72)69(96)78-52(22-10-16-30-75-60(88)26-12-18-32-101-71-46(3)64(91)66(93)56(41-81)105-71)53(84)23-6-7-24-61(89)76-38-48-34-49(39-79)36-50(35-48)43-103-107(97,98)99-5/h34-36,44-46,51-52,55-57,62-68,70-72,79-82,90-95H,6-33,37-43H2,1-5H3,(H,73,86)(H,74,87)(H,75,88)(H,76,89)(H,77,83)(H,78,96)(H,97,98)/t44-,45+,46+,51+,52-,55+,56+,57+,62+,63+,64+,65-,66-,67-,68+,70+,71+,72+/m0/s1. The average molecular weight is 1550 g/mol. The molecule has 0 spiro atoms. The third kappa shape index (κ3) is 35.0. The lowest BCUT2D eigenvalue weighted by atomic mass is 9.88. The van der Waals surface area contributed by atoms with Gasteiger partial charge in [-0.05, 0) is 113 Å². The molecule has 1 aromatic carbocycles. The summed E-state index contributed by atoms with van der Waals surface area (Å²) >= 11 is 0. The van der Waals surface area contributed by atoms with Gasteiger partial charge in [0.1, 0.15) is 54.6 Å². The number of rotatable bonds is 55. The number of benzene rings is 1. The molecule has 3 fully saturated rings. The number of amides is 6. The van der Waals surface area contributed by atoms with Gasteiger partial charge in [0.2, 0.25) is 35.4 Å². The summed E-state index contributed by atoms with van der Waals surface area (Å²) in [6, 6.07) is 2.74. The number of phosphoric ester groups is 1. The van der Waals surface area contributed by atoms with Crippen LogP contribution in [0.5, 0.6) is 0 Å². The SMILES string of the molecule is COP(=O)(O)OCc1cc(CO)cc(CNC(=O)CCCCC(=O)[C@H](CCCCNC(=O)CCCCO[C@@H]2O[C@H](CO)[C@H](O)[C@H](O)[C@H]2C)NC(=O)[C@H](CCCCNC(=O)CCCCO[C@@H]2O[C@H](CO)[C@H](O)[C@H](O)[C@H]2NC(C)=O)CC(=O)[C@@H](C)CCCCNC(=O)CCCCO[C@@H]2O[C@H](CO)[C@H](O)[C@H](O)[C@H]2C)c1. The van der Waals surface area contributed by atoms with Gasteiger partial charge in [0.15, 0.2) is 24.7 Å². The molecule has 34 nitrogen and oxygen atoms in total. The molecule has 35 heteroatoms. The number of ketones is 2. The Labute approximate surface area is 626 Å². The number of carbonyl (C=O) groups excluding carboxylic acids is 8. The molecule has 614 valence electrons. The number of hydrogen-bond acceptors (Lipinski definition) is 27. The number of hydrogen-bond donors (Lipinski definition) is 17. The third-order valence-electron chi connectivity index (χ3n) is 19.4. The van der Waals surface area contributed by atoms with Crippen LogP contribution in [0.4, 0.5) is 0 Å². The molecular weight excluding hydrogens is 1430 g/mol. The fourth-order valence-electron chi connectivity index (χ4n) is 12.6. The van der Waals surface area contributed by atoms with Gasteiger partial charge in [-0.25, -0.2) is 4.57 Å². The maximum Gasteiger partial charge on any atom is 0.472 e. The normalized spacial score (nSPS) is 25.9. The van der Waals surface area contributed by atoms with Crippen LogP contribution in [-0.4, -0.2) is 255 Å². The van der Waals surface area contributed by atoms with E-state index < -0.39 is 149 Å². The van der Waals surface area contributed by atoms with Gasteiger partial charge in [-0.1, -0.05) is 51.8 Å². The topological polar surface area (TPSA) is 522 Å². The zero-order chi connectivity index (χ0) is 79.0. The highest BCUT2D eigenvalue weighted by Crippen LogP contribution is 2.43. The van der Waals surface area contributed by atoms with E-state index in [9.17, 15) is 98.9 Å². The molecule has 4 rings (SSSR count). The lowest BCUT2D eigenvalue weighted by Crippen LogP contribution is -2.64. The van der Waals surface area contributed by atoms with Crippen LogP contribution >= 0.6 is 7.82 Å². The number of carbonyl (C=O) groups is 8. The second kappa shape index (κ2) is 51.4. The fraction of sp³-hybridized carbons (Fsp3) is 0.806. The summed E-state index contributed by atoms with van der Waals surface area (Å²) in [6.07, 6.45) is -6.58. The van der Waals surface area contributed by atoms with Gasteiger partial charge >= 0.3 is 7.82 Å². The highest BCUT2D eigenvalue weighted by Gasteiger charge is 2.46. The number of phosphoric acid groups is 1. The van der Waals surface area contributed by atoms with Crippen LogP contribution in [-0.2, 0) is 100 Å². The minimum absolute atomic E-state index is 0.0216. The van der Waals surface area contributed by atoms with Crippen molar-refractivity contribution in [3.8, 4) is 0 Å². The lowest BCUT2D eigenvalue weighted by molar-refractivity contribution is -0.282. The molecule has 1 unspecified atom stereocenters. The summed E-state index contributed by atoms with van der Waals surface area (Å²) in [4.78, 5) is 116. The van der Waals surface area contributed by atoms with Crippen molar-refractivity contribution in [1.29, 1.82) is 0 Å². The maximum atomic E-state index is 14.6. The van der Waals surface area contributed by atoms with E-state index in [0.29, 0.717) is 107 Å². The van der Waals surface area contributed by atoms with Gasteiger partial charge in [-0.3, -0.25) is 47.4 Å². The van der Waals surface area contributed by atoms with Crippen LogP contribution < -0.4 is 31.9 Å². The molecule has 0 aliphatic carbocycles. The molecule has 3 aliphatic rings. The summed E-state index contributed by atoms with van der Waals surface area (Å²) in [5.41, 5.74) is 1.50. The Morgan fingerprint density at radius 3 is 1.40 bits per heavy atom. The molecule has 3 saturated heterocycles. The van der Waals surface area contributed by atoms with Crippen LogP contribution in [0, 0.1) is 23.7 Å². The average Bonchev–Trinajstić information content (AvgIpc) is 0.814. The Kier molecular flexibility index (Phi) is 45.3. The molecule has 3 aliphatic heterocycles.